The molecule has 0 spiro atoms. The minimum atomic E-state index is 0.594. The third kappa shape index (κ3) is 3.10. The predicted molar refractivity (Wildman–Crippen MR) is 80.8 cm³/mol. The number of piperidine rings is 1. The molecule has 1 aromatic rings. The molecule has 2 heteroatoms. The zero-order valence-electron chi connectivity index (χ0n) is 12.4. The van der Waals surface area contributed by atoms with Gasteiger partial charge < -0.3 is 4.90 Å². The van der Waals surface area contributed by atoms with Crippen molar-refractivity contribution < 1.29 is 0 Å². The minimum absolute atomic E-state index is 0.594. The van der Waals surface area contributed by atoms with Crippen molar-refractivity contribution >= 4 is 5.82 Å². The van der Waals surface area contributed by atoms with E-state index in [4.69, 9.17) is 4.98 Å². The van der Waals surface area contributed by atoms with Crippen LogP contribution in [0.15, 0.2) is 12.1 Å². The normalized spacial score (nSPS) is 20.1. The lowest BCUT2D eigenvalue weighted by molar-refractivity contribution is 0.572. The highest BCUT2D eigenvalue weighted by molar-refractivity contribution is 5.43. The molecule has 1 aliphatic heterocycles. The lowest BCUT2D eigenvalue weighted by Gasteiger charge is -2.28. The second-order valence-corrected chi connectivity index (χ2v) is 6.56. The Morgan fingerprint density at radius 1 is 1.16 bits per heavy atom. The standard InChI is InChI=1S/C17H26N2/c1-13(2)15-8-9-17(19-10-4-3-5-11-19)18-16(15)12-14-6-7-14/h8-9,13-14H,3-7,10-12H2,1-2H3. The first-order valence-electron chi connectivity index (χ1n) is 7.99. The van der Waals surface area contributed by atoms with Crippen LogP contribution in [0.4, 0.5) is 5.82 Å². The Kier molecular flexibility index (Phi) is 3.76. The van der Waals surface area contributed by atoms with E-state index in [1.807, 2.05) is 0 Å². The Morgan fingerprint density at radius 3 is 2.53 bits per heavy atom. The van der Waals surface area contributed by atoms with E-state index in [1.54, 1.807) is 0 Å². The molecule has 3 rings (SSSR count). The zero-order valence-corrected chi connectivity index (χ0v) is 12.4. The first kappa shape index (κ1) is 13.0. The Balaban J connectivity index is 1.84. The predicted octanol–water partition coefficient (Wildman–Crippen LogP) is 4.15. The molecule has 2 aliphatic rings. The molecular weight excluding hydrogens is 232 g/mol. The van der Waals surface area contributed by atoms with Crippen LogP contribution in [0.5, 0.6) is 0 Å². The van der Waals surface area contributed by atoms with Crippen molar-refractivity contribution in [3.8, 4) is 0 Å². The Morgan fingerprint density at radius 2 is 1.89 bits per heavy atom. The van der Waals surface area contributed by atoms with E-state index in [9.17, 15) is 0 Å². The van der Waals surface area contributed by atoms with Gasteiger partial charge in [-0.2, -0.15) is 0 Å². The number of aromatic nitrogens is 1. The van der Waals surface area contributed by atoms with Crippen LogP contribution in [-0.4, -0.2) is 18.1 Å². The van der Waals surface area contributed by atoms with Crippen molar-refractivity contribution in [1.29, 1.82) is 0 Å². The fourth-order valence-electron chi connectivity index (χ4n) is 3.08. The summed E-state index contributed by atoms with van der Waals surface area (Å²) in [6.07, 6.45) is 8.06. The molecule has 0 bridgehead atoms. The van der Waals surface area contributed by atoms with Crippen LogP contribution in [0.2, 0.25) is 0 Å². The maximum Gasteiger partial charge on any atom is 0.128 e. The third-order valence-corrected chi connectivity index (χ3v) is 4.48. The number of pyridine rings is 1. The van der Waals surface area contributed by atoms with Crippen LogP contribution in [0.3, 0.4) is 0 Å². The lowest BCUT2D eigenvalue weighted by Crippen LogP contribution is -2.30. The van der Waals surface area contributed by atoms with Crippen molar-refractivity contribution in [2.24, 2.45) is 5.92 Å². The van der Waals surface area contributed by atoms with Crippen molar-refractivity contribution in [2.75, 3.05) is 18.0 Å². The van der Waals surface area contributed by atoms with E-state index in [0.29, 0.717) is 5.92 Å². The van der Waals surface area contributed by atoms with Crippen LogP contribution in [-0.2, 0) is 6.42 Å². The molecule has 2 heterocycles. The van der Waals surface area contributed by atoms with Gasteiger partial charge in [0, 0.05) is 18.8 Å². The minimum Gasteiger partial charge on any atom is -0.357 e. The highest BCUT2D eigenvalue weighted by atomic mass is 15.2. The topological polar surface area (TPSA) is 16.1 Å². The Labute approximate surface area is 117 Å². The fourth-order valence-corrected chi connectivity index (χ4v) is 3.08. The van der Waals surface area contributed by atoms with Gasteiger partial charge in [0.05, 0.1) is 0 Å². The molecule has 0 unspecified atom stereocenters. The quantitative estimate of drug-likeness (QED) is 0.806. The number of hydrogen-bond donors (Lipinski definition) is 0. The Hall–Kier alpha value is -1.05. The summed E-state index contributed by atoms with van der Waals surface area (Å²) in [5.74, 6) is 2.73. The zero-order chi connectivity index (χ0) is 13.2. The summed E-state index contributed by atoms with van der Waals surface area (Å²) in [6, 6.07) is 4.58. The molecule has 1 aromatic heterocycles. The summed E-state index contributed by atoms with van der Waals surface area (Å²) < 4.78 is 0. The molecule has 0 amide bonds. The maximum atomic E-state index is 5.02. The van der Waals surface area contributed by atoms with Gasteiger partial charge in [-0.15, -0.1) is 0 Å². The molecule has 19 heavy (non-hydrogen) atoms. The molecule has 0 aromatic carbocycles. The average Bonchev–Trinajstić information content (AvgIpc) is 3.23. The van der Waals surface area contributed by atoms with Gasteiger partial charge in [0.2, 0.25) is 0 Å². The van der Waals surface area contributed by atoms with E-state index in [1.165, 1.54) is 68.7 Å². The van der Waals surface area contributed by atoms with E-state index < -0.39 is 0 Å². The third-order valence-electron chi connectivity index (χ3n) is 4.48. The van der Waals surface area contributed by atoms with Gasteiger partial charge in [0.25, 0.3) is 0 Å². The van der Waals surface area contributed by atoms with Crippen LogP contribution < -0.4 is 4.90 Å². The van der Waals surface area contributed by atoms with Gasteiger partial charge in [-0.25, -0.2) is 4.98 Å². The van der Waals surface area contributed by atoms with E-state index in [-0.39, 0.29) is 0 Å². The molecule has 2 nitrogen and oxygen atoms in total. The van der Waals surface area contributed by atoms with Gasteiger partial charge in [-0.3, -0.25) is 0 Å². The maximum absolute atomic E-state index is 5.02. The summed E-state index contributed by atoms with van der Waals surface area (Å²) in [7, 11) is 0. The molecule has 1 aliphatic carbocycles. The van der Waals surface area contributed by atoms with Crippen molar-refractivity contribution in [3.63, 3.8) is 0 Å². The number of hydrogen-bond acceptors (Lipinski definition) is 2. The van der Waals surface area contributed by atoms with Crippen LogP contribution in [0.25, 0.3) is 0 Å². The van der Waals surface area contributed by atoms with Gasteiger partial charge >= 0.3 is 0 Å². The highest BCUT2D eigenvalue weighted by Gasteiger charge is 2.24. The Bertz CT molecular complexity index is 429. The average molecular weight is 258 g/mol. The van der Waals surface area contributed by atoms with Crippen LogP contribution >= 0.6 is 0 Å². The second kappa shape index (κ2) is 5.52. The molecule has 1 saturated carbocycles. The number of rotatable bonds is 4. The molecule has 1 saturated heterocycles. The van der Waals surface area contributed by atoms with Gasteiger partial charge in [0.15, 0.2) is 0 Å². The van der Waals surface area contributed by atoms with Crippen molar-refractivity contribution in [3.05, 3.63) is 23.4 Å². The van der Waals surface area contributed by atoms with E-state index in [2.05, 4.69) is 30.9 Å². The van der Waals surface area contributed by atoms with E-state index >= 15 is 0 Å². The molecule has 0 atom stereocenters. The van der Waals surface area contributed by atoms with Crippen LogP contribution in [0, 0.1) is 5.92 Å². The molecular formula is C17H26N2. The molecule has 0 N–H and O–H groups in total. The highest BCUT2D eigenvalue weighted by Crippen LogP contribution is 2.35. The first-order chi connectivity index (χ1) is 9.24. The second-order valence-electron chi connectivity index (χ2n) is 6.56. The molecule has 0 radical (unpaired) electrons. The summed E-state index contributed by atoms with van der Waals surface area (Å²) in [5.41, 5.74) is 2.84. The van der Waals surface area contributed by atoms with Crippen LogP contribution in [0.1, 0.15) is 63.1 Å². The first-order valence-corrected chi connectivity index (χ1v) is 7.99. The number of nitrogens with zero attached hydrogens (tertiary/aromatic N) is 2. The number of anilines is 1. The lowest BCUT2D eigenvalue weighted by atomic mass is 9.98. The van der Waals surface area contributed by atoms with Gasteiger partial charge in [-0.05, 0) is 62.0 Å². The SMILES string of the molecule is CC(C)c1ccc(N2CCCCC2)nc1CC1CC1. The smallest absolute Gasteiger partial charge is 0.128 e. The molecule has 2 fully saturated rings. The van der Waals surface area contributed by atoms with Gasteiger partial charge in [-0.1, -0.05) is 19.9 Å². The summed E-state index contributed by atoms with van der Waals surface area (Å²) >= 11 is 0. The summed E-state index contributed by atoms with van der Waals surface area (Å²) in [4.78, 5) is 7.50. The van der Waals surface area contributed by atoms with Crippen molar-refractivity contribution in [2.45, 2.75) is 58.3 Å². The summed E-state index contributed by atoms with van der Waals surface area (Å²) in [5, 5.41) is 0. The summed E-state index contributed by atoms with van der Waals surface area (Å²) in [6.45, 7) is 6.95. The van der Waals surface area contributed by atoms with Crippen molar-refractivity contribution in [1.82, 2.24) is 4.98 Å². The monoisotopic (exact) mass is 258 g/mol. The van der Waals surface area contributed by atoms with Gasteiger partial charge in [0.1, 0.15) is 5.82 Å². The molecule has 104 valence electrons. The van der Waals surface area contributed by atoms with E-state index in [0.717, 1.165) is 5.92 Å². The fraction of sp³-hybridized carbons (Fsp3) is 0.706. The largest absolute Gasteiger partial charge is 0.357 e.